The van der Waals surface area contributed by atoms with Crippen LogP contribution in [0.5, 0.6) is 0 Å². The second kappa shape index (κ2) is 47.3. The first-order valence-corrected chi connectivity index (χ1v) is 27.5. The summed E-state index contributed by atoms with van der Waals surface area (Å²) >= 11 is 0. The van der Waals surface area contributed by atoms with Crippen LogP contribution < -0.4 is 0 Å². The molecule has 0 rings (SSSR count). The van der Waals surface area contributed by atoms with Gasteiger partial charge in [-0.25, -0.2) is 0 Å². The van der Waals surface area contributed by atoms with Gasteiger partial charge in [-0.2, -0.15) is 0 Å². The van der Waals surface area contributed by atoms with Gasteiger partial charge in [0.25, 0.3) is 0 Å². The van der Waals surface area contributed by atoms with Crippen molar-refractivity contribution in [2.24, 2.45) is 11.8 Å². The van der Waals surface area contributed by atoms with E-state index in [1.165, 1.54) is 135 Å². The van der Waals surface area contributed by atoms with E-state index in [0.29, 0.717) is 19.6 Å². The van der Waals surface area contributed by atoms with Crippen LogP contribution in [0.2, 0.25) is 0 Å². The lowest BCUT2D eigenvalue weighted by Crippen LogP contribution is -2.19. The van der Waals surface area contributed by atoms with Crippen LogP contribution >= 0.6 is 0 Å². The van der Waals surface area contributed by atoms with Crippen molar-refractivity contribution >= 4 is 17.9 Å². The maximum absolute atomic E-state index is 13.0. The maximum Gasteiger partial charge on any atom is 0.308 e. The molecule has 3 atom stereocenters. The van der Waals surface area contributed by atoms with Crippen molar-refractivity contribution in [2.45, 2.75) is 291 Å². The minimum atomic E-state index is -0.0243. The first-order valence-electron chi connectivity index (χ1n) is 27.5. The van der Waals surface area contributed by atoms with E-state index in [-0.39, 0.29) is 35.8 Å². The lowest BCUT2D eigenvalue weighted by molar-refractivity contribution is -0.150. The third-order valence-corrected chi connectivity index (χ3v) is 12.9. The average Bonchev–Trinajstić information content (AvgIpc) is 3.25. The molecule has 0 bridgehead atoms. The predicted molar refractivity (Wildman–Crippen MR) is 265 cm³/mol. The Morgan fingerprint density at radius 3 is 1.10 bits per heavy atom. The van der Waals surface area contributed by atoms with Crippen LogP contribution in [-0.2, 0) is 28.6 Å². The summed E-state index contributed by atoms with van der Waals surface area (Å²) in [5.41, 5.74) is 0. The third kappa shape index (κ3) is 41.1. The molecule has 0 aromatic rings. The van der Waals surface area contributed by atoms with Crippen molar-refractivity contribution in [3.8, 4) is 0 Å². The van der Waals surface area contributed by atoms with Gasteiger partial charge in [0.1, 0.15) is 6.10 Å². The number of unbranched alkanes of at least 4 members (excludes halogenated alkanes) is 26. The lowest BCUT2D eigenvalue weighted by atomic mass is 9.94. The minimum Gasteiger partial charge on any atom is -0.465 e. The number of nitrogens with zero attached hydrogens (tertiary/aromatic N) is 1. The number of hydrogen-bond acceptors (Lipinski definition) is 7. The molecular formula is C55H107NO6. The normalized spacial score (nSPS) is 13.0. The number of carbonyl (C=O) groups excluding carboxylic acids is 3. The van der Waals surface area contributed by atoms with Gasteiger partial charge >= 0.3 is 17.9 Å². The highest BCUT2D eigenvalue weighted by atomic mass is 16.5. The van der Waals surface area contributed by atoms with Crippen LogP contribution in [-0.4, -0.2) is 62.8 Å². The summed E-state index contributed by atoms with van der Waals surface area (Å²) in [6, 6.07) is 0. The van der Waals surface area contributed by atoms with Gasteiger partial charge < -0.3 is 19.1 Å². The van der Waals surface area contributed by atoms with Crippen LogP contribution in [0.4, 0.5) is 0 Å². The number of carbonyl (C=O) groups is 3. The van der Waals surface area contributed by atoms with Crippen LogP contribution in [0.3, 0.4) is 0 Å². The molecule has 0 aromatic carbocycles. The minimum absolute atomic E-state index is 0.0243. The van der Waals surface area contributed by atoms with Crippen LogP contribution in [0.25, 0.3) is 0 Å². The highest BCUT2D eigenvalue weighted by Gasteiger charge is 2.20. The van der Waals surface area contributed by atoms with Gasteiger partial charge in [-0.3, -0.25) is 14.4 Å². The molecule has 7 nitrogen and oxygen atoms in total. The van der Waals surface area contributed by atoms with Crippen LogP contribution in [0.15, 0.2) is 0 Å². The second-order valence-electron chi connectivity index (χ2n) is 19.4. The van der Waals surface area contributed by atoms with E-state index in [1.807, 2.05) is 0 Å². The Balaban J connectivity index is 4.37. The summed E-state index contributed by atoms with van der Waals surface area (Å²) in [7, 11) is 4.15. The monoisotopic (exact) mass is 878 g/mol. The van der Waals surface area contributed by atoms with Crippen molar-refractivity contribution in [2.75, 3.05) is 33.9 Å². The Labute approximate surface area is 386 Å². The molecule has 0 spiro atoms. The fourth-order valence-corrected chi connectivity index (χ4v) is 8.77. The highest BCUT2D eigenvalue weighted by molar-refractivity contribution is 5.72. The van der Waals surface area contributed by atoms with Gasteiger partial charge in [0.15, 0.2) is 0 Å². The molecule has 0 N–H and O–H groups in total. The second-order valence-corrected chi connectivity index (χ2v) is 19.4. The van der Waals surface area contributed by atoms with Crippen molar-refractivity contribution < 1.29 is 28.6 Å². The van der Waals surface area contributed by atoms with Crippen LogP contribution in [0.1, 0.15) is 285 Å². The van der Waals surface area contributed by atoms with Crippen molar-refractivity contribution in [3.05, 3.63) is 0 Å². The van der Waals surface area contributed by atoms with Gasteiger partial charge in [0.2, 0.25) is 0 Å². The van der Waals surface area contributed by atoms with Crippen LogP contribution in [0, 0.1) is 11.8 Å². The van der Waals surface area contributed by atoms with Gasteiger partial charge in [-0.1, -0.05) is 201 Å². The molecule has 7 heteroatoms. The average molecular weight is 878 g/mol. The summed E-state index contributed by atoms with van der Waals surface area (Å²) in [6.45, 7) is 11.0. The fraction of sp³-hybridized carbons (Fsp3) is 0.945. The molecule has 62 heavy (non-hydrogen) atoms. The molecule has 0 aliphatic heterocycles. The zero-order chi connectivity index (χ0) is 45.6. The number of hydrogen-bond donors (Lipinski definition) is 0. The van der Waals surface area contributed by atoms with Gasteiger partial charge in [-0.15, -0.1) is 0 Å². The van der Waals surface area contributed by atoms with E-state index in [9.17, 15) is 14.4 Å². The number of ether oxygens (including phenoxy) is 3. The van der Waals surface area contributed by atoms with Gasteiger partial charge in [0, 0.05) is 6.42 Å². The lowest BCUT2D eigenvalue weighted by Gasteiger charge is -2.18. The Morgan fingerprint density at radius 1 is 0.371 bits per heavy atom. The highest BCUT2D eigenvalue weighted by Crippen LogP contribution is 2.23. The Hall–Kier alpha value is -1.63. The maximum atomic E-state index is 13.0. The fourth-order valence-electron chi connectivity index (χ4n) is 8.77. The van der Waals surface area contributed by atoms with Crippen molar-refractivity contribution in [1.82, 2.24) is 4.90 Å². The van der Waals surface area contributed by atoms with E-state index < -0.39 is 0 Å². The molecular weight excluding hydrogens is 771 g/mol. The van der Waals surface area contributed by atoms with Crippen molar-refractivity contribution in [3.63, 3.8) is 0 Å². The van der Waals surface area contributed by atoms with Crippen molar-refractivity contribution in [1.29, 1.82) is 0 Å². The zero-order valence-electron chi connectivity index (χ0n) is 42.5. The summed E-state index contributed by atoms with van der Waals surface area (Å²) < 4.78 is 17.6. The zero-order valence-corrected chi connectivity index (χ0v) is 42.5. The summed E-state index contributed by atoms with van der Waals surface area (Å²) in [6.07, 6.45) is 45.3. The topological polar surface area (TPSA) is 82.1 Å². The smallest absolute Gasteiger partial charge is 0.308 e. The SMILES string of the molecule is CCCCCCCCC(CCC)C(=O)OCCCCCCCCCC(CCCCCCCCCOC(=O)C(CCCCCC)CCCCCCCC)OC(=O)CCCCN(C)C. The first kappa shape index (κ1) is 60.4. The first-order chi connectivity index (χ1) is 30.3. The van der Waals surface area contributed by atoms with E-state index in [4.69, 9.17) is 14.2 Å². The molecule has 0 heterocycles. The number of esters is 3. The molecule has 0 amide bonds. The Kier molecular flexibility index (Phi) is 46.1. The van der Waals surface area contributed by atoms with E-state index in [2.05, 4.69) is 46.7 Å². The molecule has 0 aliphatic carbocycles. The van der Waals surface area contributed by atoms with E-state index in [0.717, 1.165) is 122 Å². The Morgan fingerprint density at radius 2 is 0.710 bits per heavy atom. The van der Waals surface area contributed by atoms with Gasteiger partial charge in [-0.05, 0) is 97.7 Å². The molecule has 368 valence electrons. The molecule has 0 radical (unpaired) electrons. The summed E-state index contributed by atoms with van der Waals surface area (Å²) in [5.74, 6) is 0.238. The molecule has 0 saturated carbocycles. The summed E-state index contributed by atoms with van der Waals surface area (Å²) in [4.78, 5) is 40.6. The molecule has 0 fully saturated rings. The standard InChI is InChI=1S/C55H107NO6/c1-7-11-14-17-25-32-41-50(40-10-4)54(58)60-48-38-29-23-19-21-27-34-44-52(62-53(57)46-36-37-47-56(5)6)45-35-28-22-20-24-30-39-49-61-55(59)51(42-31-16-13-9-3)43-33-26-18-15-12-8-2/h50-52H,7-49H2,1-6H3. The number of rotatable bonds is 49. The largest absolute Gasteiger partial charge is 0.465 e. The van der Waals surface area contributed by atoms with E-state index >= 15 is 0 Å². The molecule has 0 saturated heterocycles. The molecule has 0 aliphatic rings. The third-order valence-electron chi connectivity index (χ3n) is 12.9. The summed E-state index contributed by atoms with van der Waals surface area (Å²) in [5, 5.41) is 0. The predicted octanol–water partition coefficient (Wildman–Crippen LogP) is 16.5. The Bertz CT molecular complexity index is 971. The van der Waals surface area contributed by atoms with Gasteiger partial charge in [0.05, 0.1) is 25.0 Å². The molecule has 3 unspecified atom stereocenters. The molecule has 0 aromatic heterocycles. The van der Waals surface area contributed by atoms with E-state index in [1.54, 1.807) is 0 Å². The quantitative estimate of drug-likeness (QED) is 0.0342.